The summed E-state index contributed by atoms with van der Waals surface area (Å²) in [6.07, 6.45) is -2.66. The lowest BCUT2D eigenvalue weighted by atomic mass is 10.0. The maximum atomic E-state index is 13.5. The van der Waals surface area contributed by atoms with Crippen LogP contribution in [0.3, 0.4) is 0 Å². The van der Waals surface area contributed by atoms with Crippen molar-refractivity contribution in [2.45, 2.75) is 18.6 Å². The standard InChI is InChI=1S/C10H11BrClFO3/c11-6-3-5(12)4-7(13)9(6)10(16)8(15)1-2-14/h3-4,8,10,14-16H,1-2H2. The molecule has 0 saturated carbocycles. The highest BCUT2D eigenvalue weighted by atomic mass is 79.9. The lowest BCUT2D eigenvalue weighted by Crippen LogP contribution is -2.21. The molecule has 0 fully saturated rings. The van der Waals surface area contributed by atoms with Crippen LogP contribution in [0.1, 0.15) is 18.1 Å². The van der Waals surface area contributed by atoms with Gasteiger partial charge in [-0.25, -0.2) is 4.39 Å². The van der Waals surface area contributed by atoms with E-state index < -0.39 is 18.0 Å². The van der Waals surface area contributed by atoms with Crippen LogP contribution in [0, 0.1) is 5.82 Å². The van der Waals surface area contributed by atoms with Gasteiger partial charge in [0.25, 0.3) is 0 Å². The van der Waals surface area contributed by atoms with Crippen LogP contribution in [0.15, 0.2) is 16.6 Å². The summed E-state index contributed by atoms with van der Waals surface area (Å²) in [5.74, 6) is -0.705. The Bertz CT molecular complexity index is 352. The molecule has 0 bridgehead atoms. The SMILES string of the molecule is OCCC(O)C(O)c1c(F)cc(Cl)cc1Br. The number of aliphatic hydroxyl groups excluding tert-OH is 3. The molecule has 3 nitrogen and oxygen atoms in total. The minimum Gasteiger partial charge on any atom is -0.396 e. The summed E-state index contributed by atoms with van der Waals surface area (Å²) in [6, 6.07) is 2.48. The Balaban J connectivity index is 3.03. The van der Waals surface area contributed by atoms with E-state index in [1.807, 2.05) is 0 Å². The van der Waals surface area contributed by atoms with Gasteiger partial charge in [0.05, 0.1) is 6.10 Å². The van der Waals surface area contributed by atoms with E-state index in [1.54, 1.807) is 0 Å². The van der Waals surface area contributed by atoms with Crippen LogP contribution in [0.25, 0.3) is 0 Å². The zero-order valence-electron chi connectivity index (χ0n) is 8.20. The molecule has 0 heterocycles. The summed E-state index contributed by atoms with van der Waals surface area (Å²) in [5.41, 5.74) is -0.0645. The van der Waals surface area contributed by atoms with Crippen LogP contribution in [0.2, 0.25) is 5.02 Å². The van der Waals surface area contributed by atoms with Gasteiger partial charge in [-0.2, -0.15) is 0 Å². The molecule has 0 spiro atoms. The number of halogens is 3. The molecule has 90 valence electrons. The summed E-state index contributed by atoms with van der Waals surface area (Å²) < 4.78 is 13.8. The van der Waals surface area contributed by atoms with Gasteiger partial charge >= 0.3 is 0 Å². The minimum atomic E-state index is -1.40. The lowest BCUT2D eigenvalue weighted by Gasteiger charge is -2.19. The zero-order chi connectivity index (χ0) is 12.3. The number of hydrogen-bond acceptors (Lipinski definition) is 3. The van der Waals surface area contributed by atoms with E-state index in [0.717, 1.165) is 6.07 Å². The average molecular weight is 314 g/mol. The molecule has 2 atom stereocenters. The number of benzene rings is 1. The van der Waals surface area contributed by atoms with E-state index in [-0.39, 0.29) is 28.1 Å². The van der Waals surface area contributed by atoms with E-state index in [2.05, 4.69) is 15.9 Å². The first-order chi connectivity index (χ1) is 7.47. The van der Waals surface area contributed by atoms with Crippen molar-refractivity contribution in [1.29, 1.82) is 0 Å². The molecular weight excluding hydrogens is 302 g/mol. The predicted molar refractivity (Wildman–Crippen MR) is 61.8 cm³/mol. The average Bonchev–Trinajstić information content (AvgIpc) is 2.16. The van der Waals surface area contributed by atoms with Crippen LogP contribution in [0.4, 0.5) is 4.39 Å². The second-order valence-electron chi connectivity index (χ2n) is 3.31. The number of aliphatic hydroxyl groups is 3. The maximum absolute atomic E-state index is 13.5. The molecule has 1 rings (SSSR count). The Hall–Kier alpha value is -0.200. The fourth-order valence-electron chi connectivity index (χ4n) is 1.32. The van der Waals surface area contributed by atoms with Gasteiger partial charge in [-0.3, -0.25) is 0 Å². The zero-order valence-corrected chi connectivity index (χ0v) is 10.5. The summed E-state index contributed by atoms with van der Waals surface area (Å²) in [6.45, 7) is -0.287. The van der Waals surface area contributed by atoms with Crippen LogP contribution in [-0.4, -0.2) is 28.0 Å². The van der Waals surface area contributed by atoms with Gasteiger partial charge < -0.3 is 15.3 Å². The highest BCUT2D eigenvalue weighted by Gasteiger charge is 2.24. The monoisotopic (exact) mass is 312 g/mol. The van der Waals surface area contributed by atoms with Crippen molar-refractivity contribution in [3.63, 3.8) is 0 Å². The lowest BCUT2D eigenvalue weighted by molar-refractivity contribution is 0.00196. The van der Waals surface area contributed by atoms with Crippen molar-refractivity contribution < 1.29 is 19.7 Å². The summed E-state index contributed by atoms with van der Waals surface area (Å²) in [5, 5.41) is 28.0. The molecular formula is C10H11BrClFO3. The molecule has 0 saturated heterocycles. The fraction of sp³-hybridized carbons (Fsp3) is 0.400. The van der Waals surface area contributed by atoms with E-state index >= 15 is 0 Å². The molecule has 0 aromatic heterocycles. The highest BCUT2D eigenvalue weighted by Crippen LogP contribution is 2.31. The van der Waals surface area contributed by atoms with Gasteiger partial charge in [0.15, 0.2) is 0 Å². The normalized spacial score (nSPS) is 14.9. The molecule has 0 amide bonds. The van der Waals surface area contributed by atoms with E-state index in [9.17, 15) is 14.6 Å². The first-order valence-electron chi connectivity index (χ1n) is 4.58. The molecule has 1 aromatic rings. The minimum absolute atomic E-state index is 0.0321. The first-order valence-corrected chi connectivity index (χ1v) is 5.76. The first kappa shape index (κ1) is 13.9. The predicted octanol–water partition coefficient (Wildman–Crippen LogP) is 2.02. The smallest absolute Gasteiger partial charge is 0.131 e. The molecule has 6 heteroatoms. The molecule has 3 N–H and O–H groups in total. The molecule has 0 radical (unpaired) electrons. The van der Waals surface area contributed by atoms with Crippen LogP contribution in [0.5, 0.6) is 0 Å². The Labute approximate surface area is 106 Å². The van der Waals surface area contributed by atoms with Crippen LogP contribution in [-0.2, 0) is 0 Å². The molecule has 1 aromatic carbocycles. The van der Waals surface area contributed by atoms with Crippen molar-refractivity contribution in [2.24, 2.45) is 0 Å². The highest BCUT2D eigenvalue weighted by molar-refractivity contribution is 9.10. The maximum Gasteiger partial charge on any atom is 0.131 e. The summed E-state index contributed by atoms with van der Waals surface area (Å²) >= 11 is 8.67. The van der Waals surface area contributed by atoms with Crippen molar-refractivity contribution >= 4 is 27.5 Å². The van der Waals surface area contributed by atoms with E-state index in [0.29, 0.717) is 0 Å². The van der Waals surface area contributed by atoms with Crippen LogP contribution >= 0.6 is 27.5 Å². The van der Waals surface area contributed by atoms with E-state index in [1.165, 1.54) is 6.07 Å². The Morgan fingerprint density at radius 2 is 2.00 bits per heavy atom. The summed E-state index contributed by atoms with van der Waals surface area (Å²) in [7, 11) is 0. The van der Waals surface area contributed by atoms with E-state index in [4.69, 9.17) is 16.7 Å². The third kappa shape index (κ3) is 3.15. The van der Waals surface area contributed by atoms with Crippen molar-refractivity contribution in [2.75, 3.05) is 6.61 Å². The summed E-state index contributed by atoms with van der Waals surface area (Å²) in [4.78, 5) is 0. The number of hydrogen-bond donors (Lipinski definition) is 3. The van der Waals surface area contributed by atoms with Gasteiger partial charge in [0.2, 0.25) is 0 Å². The molecule has 0 aliphatic heterocycles. The fourth-order valence-corrected chi connectivity index (χ4v) is 2.33. The second kappa shape index (κ2) is 5.93. The second-order valence-corrected chi connectivity index (χ2v) is 4.60. The molecule has 0 aliphatic carbocycles. The topological polar surface area (TPSA) is 60.7 Å². The van der Waals surface area contributed by atoms with Gasteiger partial charge in [-0.1, -0.05) is 27.5 Å². The quantitative estimate of drug-likeness (QED) is 0.797. The van der Waals surface area contributed by atoms with Crippen molar-refractivity contribution in [3.05, 3.63) is 33.0 Å². The molecule has 16 heavy (non-hydrogen) atoms. The Kier molecular flexibility index (Phi) is 5.14. The van der Waals surface area contributed by atoms with Gasteiger partial charge in [-0.15, -0.1) is 0 Å². The molecule has 2 unspecified atom stereocenters. The van der Waals surface area contributed by atoms with Gasteiger partial charge in [-0.05, 0) is 18.6 Å². The van der Waals surface area contributed by atoms with Gasteiger partial charge in [0.1, 0.15) is 11.9 Å². The molecule has 0 aliphatic rings. The Morgan fingerprint density at radius 1 is 1.38 bits per heavy atom. The van der Waals surface area contributed by atoms with Crippen molar-refractivity contribution in [3.8, 4) is 0 Å². The van der Waals surface area contributed by atoms with Crippen LogP contribution < -0.4 is 0 Å². The van der Waals surface area contributed by atoms with Crippen molar-refractivity contribution in [1.82, 2.24) is 0 Å². The Morgan fingerprint density at radius 3 is 2.50 bits per heavy atom. The largest absolute Gasteiger partial charge is 0.396 e. The van der Waals surface area contributed by atoms with Gasteiger partial charge in [0, 0.05) is 21.7 Å². The third-order valence-electron chi connectivity index (χ3n) is 2.13. The third-order valence-corrected chi connectivity index (χ3v) is 3.00. The number of rotatable bonds is 4.